The number of allylic oxidation sites excluding steroid dienone is 1. The topological polar surface area (TPSA) is 0 Å². The molecule has 0 fully saturated rings. The summed E-state index contributed by atoms with van der Waals surface area (Å²) in [4.78, 5) is 0. The van der Waals surface area contributed by atoms with Gasteiger partial charge in [-0.3, -0.25) is 0 Å². The first-order chi connectivity index (χ1) is 9.71. The van der Waals surface area contributed by atoms with Crippen molar-refractivity contribution in [2.45, 2.75) is 71.6 Å². The third kappa shape index (κ3) is 3.14. The summed E-state index contributed by atoms with van der Waals surface area (Å²) in [7, 11) is 0. The Bertz CT molecular complexity index is 523. The predicted octanol–water partition coefficient (Wildman–Crippen LogP) is 5.89. The van der Waals surface area contributed by atoms with Crippen LogP contribution >= 0.6 is 0 Å². The van der Waals surface area contributed by atoms with E-state index in [-0.39, 0.29) is 25.8 Å². The average molecular weight is 447 g/mol. The minimum absolute atomic E-state index is 0. The van der Waals surface area contributed by atoms with Gasteiger partial charge in [-0.15, -0.1) is 0 Å². The molecule has 1 unspecified atom stereocenters. The second-order valence-electron chi connectivity index (χ2n) is 6.92. The minimum Gasteiger partial charge on any atom is -0.0764 e. The van der Waals surface area contributed by atoms with Crippen molar-refractivity contribution in [3.63, 3.8) is 0 Å². The van der Waals surface area contributed by atoms with Crippen molar-refractivity contribution in [3.8, 4) is 0 Å². The van der Waals surface area contributed by atoms with Gasteiger partial charge >= 0.3 is 0 Å². The van der Waals surface area contributed by atoms with Gasteiger partial charge in [-0.2, -0.15) is 0 Å². The Morgan fingerprint density at radius 2 is 1.71 bits per heavy atom. The van der Waals surface area contributed by atoms with E-state index in [1.807, 2.05) is 0 Å². The van der Waals surface area contributed by atoms with Crippen molar-refractivity contribution in [1.82, 2.24) is 0 Å². The van der Waals surface area contributed by atoms with Crippen LogP contribution in [0.4, 0.5) is 0 Å². The number of hydrogen-bond donors (Lipinski definition) is 0. The zero-order valence-corrected chi connectivity index (χ0v) is 17.4. The van der Waals surface area contributed by atoms with E-state index in [1.54, 1.807) is 16.7 Å². The first-order valence-corrected chi connectivity index (χ1v) is 8.55. The molecule has 2 aliphatic carbocycles. The van der Waals surface area contributed by atoms with Crippen LogP contribution in [0.1, 0.15) is 81.0 Å². The molecule has 21 heavy (non-hydrogen) atoms. The van der Waals surface area contributed by atoms with Gasteiger partial charge in [-0.05, 0) is 59.8 Å². The molecule has 0 nitrogen and oxygen atoms in total. The Morgan fingerprint density at radius 3 is 2.33 bits per heavy atom. The first-order valence-electron chi connectivity index (χ1n) is 8.55. The molecule has 0 saturated carbocycles. The molecule has 0 amide bonds. The molecular formula is C20H28Hf. The largest absolute Gasteiger partial charge is 0.0764 e. The molecule has 112 valence electrons. The number of unbranched alkanes of at least 4 members (excludes halogenated alkanes) is 1. The normalized spacial score (nSPS) is 21.0. The second kappa shape index (κ2) is 6.94. The molecule has 0 saturated heterocycles. The Hall–Kier alpha value is -0.170. The van der Waals surface area contributed by atoms with Crippen LogP contribution in [-0.4, -0.2) is 0 Å². The molecule has 2 aliphatic rings. The SMILES string of the molecule is CCCCC1C=Cc2cc3c(cc21)CC(CC)(CC)C3.[Hf]. The second-order valence-corrected chi connectivity index (χ2v) is 6.92. The van der Waals surface area contributed by atoms with E-state index in [0.29, 0.717) is 11.3 Å². The monoisotopic (exact) mass is 448 g/mol. The Balaban J connectivity index is 0.00000161. The van der Waals surface area contributed by atoms with E-state index in [2.05, 4.69) is 45.1 Å². The quantitative estimate of drug-likeness (QED) is 0.495. The summed E-state index contributed by atoms with van der Waals surface area (Å²) in [5.74, 6) is 0.688. The summed E-state index contributed by atoms with van der Waals surface area (Å²) in [5, 5.41) is 0. The van der Waals surface area contributed by atoms with E-state index in [0.717, 1.165) is 0 Å². The third-order valence-corrected chi connectivity index (χ3v) is 5.81. The van der Waals surface area contributed by atoms with Gasteiger partial charge < -0.3 is 0 Å². The van der Waals surface area contributed by atoms with Gasteiger partial charge in [0.25, 0.3) is 0 Å². The summed E-state index contributed by atoms with van der Waals surface area (Å²) in [5.41, 5.74) is 6.96. The first kappa shape index (κ1) is 17.2. The van der Waals surface area contributed by atoms with E-state index in [4.69, 9.17) is 0 Å². The van der Waals surface area contributed by atoms with Gasteiger partial charge in [-0.25, -0.2) is 0 Å². The summed E-state index contributed by atoms with van der Waals surface area (Å²) >= 11 is 0. The van der Waals surface area contributed by atoms with Crippen molar-refractivity contribution in [2.24, 2.45) is 5.41 Å². The maximum absolute atomic E-state index is 2.55. The number of hydrogen-bond acceptors (Lipinski definition) is 0. The predicted molar refractivity (Wildman–Crippen MR) is 88.2 cm³/mol. The van der Waals surface area contributed by atoms with E-state index >= 15 is 0 Å². The molecule has 0 radical (unpaired) electrons. The van der Waals surface area contributed by atoms with Crippen LogP contribution in [0, 0.1) is 5.41 Å². The maximum atomic E-state index is 2.55. The zero-order valence-electron chi connectivity index (χ0n) is 13.8. The molecule has 0 N–H and O–H groups in total. The smallest absolute Gasteiger partial charge is 0.00273 e. The van der Waals surface area contributed by atoms with Crippen molar-refractivity contribution in [1.29, 1.82) is 0 Å². The third-order valence-electron chi connectivity index (χ3n) is 5.81. The zero-order chi connectivity index (χ0) is 14.2. The Morgan fingerprint density at radius 1 is 1.05 bits per heavy atom. The summed E-state index contributed by atoms with van der Waals surface area (Å²) in [6.07, 6.45) is 14.0. The number of benzene rings is 1. The number of fused-ring (bicyclic) bond motifs is 2. The summed E-state index contributed by atoms with van der Waals surface area (Å²) in [6, 6.07) is 5.05. The van der Waals surface area contributed by atoms with Gasteiger partial charge in [0.2, 0.25) is 0 Å². The molecule has 0 aliphatic heterocycles. The fourth-order valence-corrected chi connectivity index (χ4v) is 4.14. The molecule has 1 aromatic carbocycles. The van der Waals surface area contributed by atoms with E-state index < -0.39 is 0 Å². The average Bonchev–Trinajstić information content (AvgIpc) is 3.03. The standard InChI is InChI=1S/C20H28.Hf/c1-4-7-8-15-9-10-16-11-17-13-20(5-2,6-3)14-18(17)12-19(15)16;/h9-12,15H,4-8,13-14H2,1-3H3;. The number of rotatable bonds is 5. The molecule has 0 spiro atoms. The molecule has 3 rings (SSSR count). The van der Waals surface area contributed by atoms with Gasteiger partial charge in [0.05, 0.1) is 0 Å². The Kier molecular flexibility index (Phi) is 5.68. The molecular weight excluding hydrogens is 419 g/mol. The fourth-order valence-electron chi connectivity index (χ4n) is 4.14. The van der Waals surface area contributed by atoms with Crippen molar-refractivity contribution in [3.05, 3.63) is 40.5 Å². The van der Waals surface area contributed by atoms with E-state index in [1.165, 1.54) is 50.5 Å². The van der Waals surface area contributed by atoms with Crippen molar-refractivity contribution < 1.29 is 25.8 Å². The van der Waals surface area contributed by atoms with Crippen LogP contribution in [0.2, 0.25) is 0 Å². The van der Waals surface area contributed by atoms with E-state index in [9.17, 15) is 0 Å². The van der Waals surface area contributed by atoms with Crippen LogP contribution in [0.5, 0.6) is 0 Å². The van der Waals surface area contributed by atoms with Crippen LogP contribution in [0.3, 0.4) is 0 Å². The molecule has 1 atom stereocenters. The van der Waals surface area contributed by atoms with Crippen molar-refractivity contribution >= 4 is 6.08 Å². The van der Waals surface area contributed by atoms with Crippen LogP contribution in [0.25, 0.3) is 6.08 Å². The fraction of sp³-hybridized carbons (Fsp3) is 0.600. The van der Waals surface area contributed by atoms with Gasteiger partial charge in [0.1, 0.15) is 0 Å². The summed E-state index contributed by atoms with van der Waals surface area (Å²) in [6.45, 7) is 7.03. The van der Waals surface area contributed by atoms with Gasteiger partial charge in [0, 0.05) is 31.8 Å². The summed E-state index contributed by atoms with van der Waals surface area (Å²) < 4.78 is 0. The maximum Gasteiger partial charge on any atom is 0.00273 e. The minimum atomic E-state index is 0. The van der Waals surface area contributed by atoms with Crippen LogP contribution in [-0.2, 0) is 38.7 Å². The molecule has 1 heteroatoms. The molecule has 0 heterocycles. The molecule has 1 aromatic rings. The molecule has 0 aromatic heterocycles. The van der Waals surface area contributed by atoms with Gasteiger partial charge in [0.15, 0.2) is 0 Å². The Labute approximate surface area is 149 Å². The molecule has 0 bridgehead atoms. The van der Waals surface area contributed by atoms with Crippen LogP contribution < -0.4 is 0 Å². The van der Waals surface area contributed by atoms with Crippen molar-refractivity contribution in [2.75, 3.05) is 0 Å². The van der Waals surface area contributed by atoms with Gasteiger partial charge in [-0.1, -0.05) is 57.9 Å². The van der Waals surface area contributed by atoms with Crippen LogP contribution in [0.15, 0.2) is 18.2 Å².